The normalized spacial score (nSPS) is 10.9. The van der Waals surface area contributed by atoms with E-state index in [1.54, 1.807) is 11.3 Å². The molecule has 0 fully saturated rings. The van der Waals surface area contributed by atoms with Gasteiger partial charge in [-0.15, -0.1) is 11.3 Å². The third-order valence-electron chi connectivity index (χ3n) is 2.56. The van der Waals surface area contributed by atoms with Crippen LogP contribution >= 0.6 is 11.3 Å². The van der Waals surface area contributed by atoms with Crippen LogP contribution in [0.15, 0.2) is 17.9 Å². The van der Waals surface area contributed by atoms with Crippen molar-refractivity contribution < 1.29 is 0 Å². The van der Waals surface area contributed by atoms with Crippen LogP contribution < -0.4 is 5.32 Å². The van der Waals surface area contributed by atoms with Crippen LogP contribution in [0.2, 0.25) is 0 Å². The lowest BCUT2D eigenvalue weighted by molar-refractivity contribution is 0.626. The van der Waals surface area contributed by atoms with Crippen molar-refractivity contribution in [2.75, 3.05) is 7.05 Å². The van der Waals surface area contributed by atoms with Gasteiger partial charge in [-0.2, -0.15) is 0 Å². The molecule has 0 aliphatic heterocycles. The molecular formula is C11H16N4S. The van der Waals surface area contributed by atoms with Crippen molar-refractivity contribution in [2.45, 2.75) is 26.4 Å². The number of aromatic nitrogens is 3. The maximum absolute atomic E-state index is 4.32. The highest BCUT2D eigenvalue weighted by atomic mass is 32.1. The Kier molecular flexibility index (Phi) is 3.69. The molecule has 0 saturated carbocycles. The number of nitrogens with zero attached hydrogens (tertiary/aromatic N) is 3. The minimum atomic E-state index is 0.814. The molecule has 2 aromatic rings. The second-order valence-electron chi connectivity index (χ2n) is 3.68. The van der Waals surface area contributed by atoms with Gasteiger partial charge in [-0.25, -0.2) is 9.97 Å². The second-order valence-corrected chi connectivity index (χ2v) is 4.62. The Labute approximate surface area is 99.4 Å². The largest absolute Gasteiger partial charge is 0.334 e. The molecule has 0 aromatic carbocycles. The molecule has 4 nitrogen and oxygen atoms in total. The van der Waals surface area contributed by atoms with Gasteiger partial charge in [-0.05, 0) is 14.0 Å². The van der Waals surface area contributed by atoms with E-state index in [1.807, 2.05) is 25.0 Å². The number of hydrogen-bond acceptors (Lipinski definition) is 4. The average molecular weight is 236 g/mol. The maximum atomic E-state index is 4.32. The Bertz CT molecular complexity index is 446. The van der Waals surface area contributed by atoms with Gasteiger partial charge >= 0.3 is 0 Å². The lowest BCUT2D eigenvalue weighted by Gasteiger charge is -2.06. The van der Waals surface area contributed by atoms with E-state index in [-0.39, 0.29) is 0 Å². The van der Waals surface area contributed by atoms with Crippen molar-refractivity contribution in [1.82, 2.24) is 19.9 Å². The quantitative estimate of drug-likeness (QED) is 0.857. The number of nitrogens with one attached hydrogen (secondary N) is 1. The summed E-state index contributed by atoms with van der Waals surface area (Å²) >= 11 is 1.73. The van der Waals surface area contributed by atoms with Gasteiger partial charge in [0.1, 0.15) is 5.82 Å². The molecule has 2 heterocycles. The highest BCUT2D eigenvalue weighted by Gasteiger charge is 2.04. The summed E-state index contributed by atoms with van der Waals surface area (Å²) in [6, 6.07) is 0. The summed E-state index contributed by atoms with van der Waals surface area (Å²) in [4.78, 5) is 9.94. The molecule has 0 bridgehead atoms. The summed E-state index contributed by atoms with van der Waals surface area (Å²) in [6.07, 6.45) is 4.92. The fourth-order valence-corrected chi connectivity index (χ4v) is 2.43. The molecule has 0 aliphatic rings. The Morgan fingerprint density at radius 2 is 2.31 bits per heavy atom. The van der Waals surface area contributed by atoms with Crippen LogP contribution in [0.25, 0.3) is 0 Å². The Morgan fingerprint density at radius 3 is 3.00 bits per heavy atom. The average Bonchev–Trinajstić information content (AvgIpc) is 2.86. The van der Waals surface area contributed by atoms with Gasteiger partial charge in [0.2, 0.25) is 0 Å². The van der Waals surface area contributed by atoms with E-state index < -0.39 is 0 Å². The molecule has 5 heteroatoms. The van der Waals surface area contributed by atoms with Crippen molar-refractivity contribution in [3.05, 3.63) is 34.3 Å². The summed E-state index contributed by atoms with van der Waals surface area (Å²) in [5.41, 5.74) is 3.06. The molecule has 16 heavy (non-hydrogen) atoms. The number of imidazole rings is 1. The summed E-state index contributed by atoms with van der Waals surface area (Å²) in [7, 11) is 1.94. The maximum Gasteiger partial charge on any atom is 0.122 e. The van der Waals surface area contributed by atoms with Gasteiger partial charge in [-0.1, -0.05) is 0 Å². The number of hydrogen-bond donors (Lipinski definition) is 1. The topological polar surface area (TPSA) is 42.7 Å². The highest BCUT2D eigenvalue weighted by Crippen LogP contribution is 2.13. The molecule has 0 saturated heterocycles. The molecular weight excluding hydrogens is 220 g/mol. The summed E-state index contributed by atoms with van der Waals surface area (Å²) in [5.74, 6) is 1.09. The van der Waals surface area contributed by atoms with Crippen LogP contribution in [-0.4, -0.2) is 21.6 Å². The molecule has 86 valence electrons. The minimum absolute atomic E-state index is 0.814. The van der Waals surface area contributed by atoms with E-state index in [9.17, 15) is 0 Å². The molecule has 0 atom stereocenters. The standard InChI is InChI=1S/C11H16N4S/c1-9-10(16-8-14-9)3-5-15-6-4-13-11(15)7-12-2/h4,6,8,12H,3,5,7H2,1-2H3. The van der Waals surface area contributed by atoms with Gasteiger partial charge in [-0.3, -0.25) is 0 Å². The first-order valence-corrected chi connectivity index (χ1v) is 6.23. The SMILES string of the molecule is CNCc1nccn1CCc1scnc1C. The lowest BCUT2D eigenvalue weighted by atomic mass is 10.3. The minimum Gasteiger partial charge on any atom is -0.334 e. The first kappa shape index (κ1) is 11.3. The molecule has 0 amide bonds. The fraction of sp³-hybridized carbons (Fsp3) is 0.455. The first-order chi connectivity index (χ1) is 7.81. The second kappa shape index (κ2) is 5.23. The monoisotopic (exact) mass is 236 g/mol. The summed E-state index contributed by atoms with van der Waals surface area (Å²) in [5, 5.41) is 3.12. The molecule has 1 N–H and O–H groups in total. The lowest BCUT2D eigenvalue weighted by Crippen LogP contribution is -2.13. The summed E-state index contributed by atoms with van der Waals surface area (Å²) < 4.78 is 2.19. The van der Waals surface area contributed by atoms with Gasteiger partial charge in [0, 0.05) is 30.2 Å². The fourth-order valence-electron chi connectivity index (χ4n) is 1.66. The zero-order valence-corrected chi connectivity index (χ0v) is 10.4. The molecule has 2 rings (SSSR count). The van der Waals surface area contributed by atoms with E-state index in [0.29, 0.717) is 0 Å². The Hall–Kier alpha value is -1.20. The van der Waals surface area contributed by atoms with Crippen LogP contribution in [0, 0.1) is 6.92 Å². The smallest absolute Gasteiger partial charge is 0.122 e. The van der Waals surface area contributed by atoms with Crippen LogP contribution in [0.4, 0.5) is 0 Å². The van der Waals surface area contributed by atoms with Crippen molar-refractivity contribution in [1.29, 1.82) is 0 Å². The van der Waals surface area contributed by atoms with E-state index in [0.717, 1.165) is 31.0 Å². The summed E-state index contributed by atoms with van der Waals surface area (Å²) in [6.45, 7) is 3.85. The molecule has 0 unspecified atom stereocenters. The van der Waals surface area contributed by atoms with E-state index >= 15 is 0 Å². The van der Waals surface area contributed by atoms with Gasteiger partial charge in [0.15, 0.2) is 0 Å². The Balaban J connectivity index is 1.99. The van der Waals surface area contributed by atoms with E-state index in [1.165, 1.54) is 4.88 Å². The molecule has 0 spiro atoms. The zero-order valence-electron chi connectivity index (χ0n) is 9.60. The predicted molar refractivity (Wildman–Crippen MR) is 65.5 cm³/mol. The van der Waals surface area contributed by atoms with Crippen LogP contribution in [0.1, 0.15) is 16.4 Å². The highest BCUT2D eigenvalue weighted by molar-refractivity contribution is 7.09. The van der Waals surface area contributed by atoms with Crippen molar-refractivity contribution >= 4 is 11.3 Å². The Morgan fingerprint density at radius 1 is 1.44 bits per heavy atom. The molecule has 0 aliphatic carbocycles. The van der Waals surface area contributed by atoms with Gasteiger partial charge < -0.3 is 9.88 Å². The van der Waals surface area contributed by atoms with Crippen molar-refractivity contribution in [3.63, 3.8) is 0 Å². The predicted octanol–water partition coefficient (Wildman–Crippen LogP) is 1.61. The number of aryl methyl sites for hydroxylation is 3. The van der Waals surface area contributed by atoms with Crippen LogP contribution in [0.5, 0.6) is 0 Å². The third-order valence-corrected chi connectivity index (χ3v) is 3.56. The van der Waals surface area contributed by atoms with Crippen molar-refractivity contribution in [2.24, 2.45) is 0 Å². The van der Waals surface area contributed by atoms with E-state index in [4.69, 9.17) is 0 Å². The van der Waals surface area contributed by atoms with Crippen LogP contribution in [-0.2, 0) is 19.5 Å². The van der Waals surface area contributed by atoms with E-state index in [2.05, 4.69) is 26.8 Å². The third kappa shape index (κ3) is 2.48. The van der Waals surface area contributed by atoms with Crippen LogP contribution in [0.3, 0.4) is 0 Å². The molecule has 0 radical (unpaired) electrons. The number of thiazole rings is 1. The number of rotatable bonds is 5. The first-order valence-electron chi connectivity index (χ1n) is 5.35. The zero-order chi connectivity index (χ0) is 11.4. The molecule has 2 aromatic heterocycles. The van der Waals surface area contributed by atoms with Gasteiger partial charge in [0.25, 0.3) is 0 Å². The van der Waals surface area contributed by atoms with Crippen molar-refractivity contribution in [3.8, 4) is 0 Å². The van der Waals surface area contributed by atoms with Gasteiger partial charge in [0.05, 0.1) is 17.7 Å².